The van der Waals surface area contributed by atoms with Gasteiger partial charge in [0.25, 0.3) is 0 Å². The summed E-state index contributed by atoms with van der Waals surface area (Å²) < 4.78 is 8.59. The Kier molecular flexibility index (Phi) is 2.78. The van der Waals surface area contributed by atoms with Crippen molar-refractivity contribution in [3.8, 4) is 5.75 Å². The zero-order chi connectivity index (χ0) is 11.8. The highest BCUT2D eigenvalue weighted by molar-refractivity contribution is 9.10. The molecule has 2 aromatic carbocycles. The largest absolute Gasteiger partial charge is 0.468 e. The number of hydrogen-bond acceptors (Lipinski definition) is 3. The molecule has 3 aromatic rings. The van der Waals surface area contributed by atoms with Crippen LogP contribution >= 0.6 is 27.3 Å². The van der Waals surface area contributed by atoms with Gasteiger partial charge in [0.2, 0.25) is 0 Å². The molecule has 0 spiro atoms. The first-order chi connectivity index (χ1) is 8.28. The van der Waals surface area contributed by atoms with Crippen molar-refractivity contribution in [3.63, 3.8) is 0 Å². The van der Waals surface area contributed by atoms with Crippen LogP contribution in [0, 0.1) is 0 Å². The first-order valence-corrected chi connectivity index (χ1v) is 6.74. The Morgan fingerprint density at radius 1 is 1.06 bits per heavy atom. The van der Waals surface area contributed by atoms with Crippen LogP contribution in [-0.4, -0.2) is 11.9 Å². The van der Waals surface area contributed by atoms with Crippen molar-refractivity contribution in [3.05, 3.63) is 40.9 Å². The van der Waals surface area contributed by atoms with E-state index in [0.29, 0.717) is 5.75 Å². The minimum Gasteiger partial charge on any atom is -0.468 e. The van der Waals surface area contributed by atoms with Gasteiger partial charge in [-0.3, -0.25) is 0 Å². The molecular formula is C13H9BrO2S. The van der Waals surface area contributed by atoms with Gasteiger partial charge in [-0.2, -0.15) is 0 Å². The first-order valence-electron chi connectivity index (χ1n) is 5.13. The standard InChI is InChI=1S/C13H9BrO2S/c14-8-1-3-10-11-4-2-9(16-7-15)6-13(11)17-12(10)5-8/h1-6,15H,7H2. The molecule has 0 saturated heterocycles. The topological polar surface area (TPSA) is 29.5 Å². The summed E-state index contributed by atoms with van der Waals surface area (Å²) in [6.07, 6.45) is 0. The average Bonchev–Trinajstić information content (AvgIpc) is 2.65. The van der Waals surface area contributed by atoms with Crippen LogP contribution in [0.15, 0.2) is 40.9 Å². The number of aliphatic hydroxyl groups is 1. The fraction of sp³-hybridized carbons (Fsp3) is 0.0769. The monoisotopic (exact) mass is 308 g/mol. The maximum absolute atomic E-state index is 8.74. The van der Waals surface area contributed by atoms with Gasteiger partial charge in [0, 0.05) is 24.6 Å². The van der Waals surface area contributed by atoms with Crippen LogP contribution in [-0.2, 0) is 0 Å². The lowest BCUT2D eigenvalue weighted by Crippen LogP contribution is -1.93. The normalized spacial score (nSPS) is 11.2. The highest BCUT2D eigenvalue weighted by Crippen LogP contribution is 2.36. The molecule has 0 fully saturated rings. The van der Waals surface area contributed by atoms with Crippen LogP contribution in [0.1, 0.15) is 0 Å². The van der Waals surface area contributed by atoms with E-state index in [0.717, 1.165) is 4.47 Å². The zero-order valence-electron chi connectivity index (χ0n) is 8.81. The Labute approximate surface area is 111 Å². The first kappa shape index (κ1) is 11.0. The summed E-state index contributed by atoms with van der Waals surface area (Å²) in [5.74, 6) is 0.700. The van der Waals surface area contributed by atoms with Crippen molar-refractivity contribution in [1.29, 1.82) is 0 Å². The van der Waals surface area contributed by atoms with E-state index in [1.165, 1.54) is 20.2 Å². The van der Waals surface area contributed by atoms with E-state index in [9.17, 15) is 0 Å². The minimum absolute atomic E-state index is 0.290. The molecule has 1 aromatic heterocycles. The molecule has 0 aliphatic carbocycles. The fourth-order valence-corrected chi connectivity index (χ4v) is 3.58. The van der Waals surface area contributed by atoms with Crippen molar-refractivity contribution in [2.75, 3.05) is 6.79 Å². The van der Waals surface area contributed by atoms with Crippen LogP contribution in [0.2, 0.25) is 0 Å². The summed E-state index contributed by atoms with van der Waals surface area (Å²) in [6.45, 7) is -0.290. The lowest BCUT2D eigenvalue weighted by molar-refractivity contribution is 0.0987. The quantitative estimate of drug-likeness (QED) is 0.721. The molecule has 0 atom stereocenters. The molecule has 0 saturated carbocycles. The number of fused-ring (bicyclic) bond motifs is 3. The third kappa shape index (κ3) is 1.92. The van der Waals surface area contributed by atoms with Crippen LogP contribution in [0.5, 0.6) is 5.75 Å². The smallest absolute Gasteiger partial charge is 0.186 e. The Hall–Kier alpha value is -1.10. The summed E-state index contributed by atoms with van der Waals surface area (Å²) in [5, 5.41) is 11.2. The predicted octanol–water partition coefficient (Wildman–Crippen LogP) is 4.15. The van der Waals surface area contributed by atoms with Crippen molar-refractivity contribution in [1.82, 2.24) is 0 Å². The summed E-state index contributed by atoms with van der Waals surface area (Å²) in [6, 6.07) is 12.2. The van der Waals surface area contributed by atoms with Crippen LogP contribution < -0.4 is 4.74 Å². The van der Waals surface area contributed by atoms with E-state index in [2.05, 4.69) is 28.1 Å². The van der Waals surface area contributed by atoms with Gasteiger partial charge in [0.05, 0.1) is 0 Å². The molecule has 17 heavy (non-hydrogen) atoms. The summed E-state index contributed by atoms with van der Waals surface area (Å²) in [4.78, 5) is 0. The second kappa shape index (κ2) is 4.29. The molecular weight excluding hydrogens is 300 g/mol. The van der Waals surface area contributed by atoms with Gasteiger partial charge in [-0.15, -0.1) is 11.3 Å². The highest BCUT2D eigenvalue weighted by Gasteiger charge is 2.06. The number of thiophene rings is 1. The zero-order valence-corrected chi connectivity index (χ0v) is 11.2. The molecule has 0 unspecified atom stereocenters. The van der Waals surface area contributed by atoms with Crippen LogP contribution in [0.25, 0.3) is 20.2 Å². The SMILES string of the molecule is OCOc1ccc2c(c1)sc1cc(Br)ccc12. The minimum atomic E-state index is -0.290. The molecule has 1 heterocycles. The van der Waals surface area contributed by atoms with E-state index in [4.69, 9.17) is 9.84 Å². The van der Waals surface area contributed by atoms with Gasteiger partial charge >= 0.3 is 0 Å². The Morgan fingerprint density at radius 3 is 2.53 bits per heavy atom. The summed E-state index contributed by atoms with van der Waals surface area (Å²) >= 11 is 5.20. The molecule has 86 valence electrons. The molecule has 0 aliphatic rings. The maximum Gasteiger partial charge on any atom is 0.186 e. The highest BCUT2D eigenvalue weighted by atomic mass is 79.9. The van der Waals surface area contributed by atoms with Gasteiger partial charge in [0.15, 0.2) is 6.79 Å². The third-order valence-electron chi connectivity index (χ3n) is 2.64. The number of aliphatic hydroxyl groups excluding tert-OH is 1. The third-order valence-corrected chi connectivity index (χ3v) is 4.25. The van der Waals surface area contributed by atoms with E-state index >= 15 is 0 Å². The number of ether oxygens (including phenoxy) is 1. The number of hydrogen-bond donors (Lipinski definition) is 1. The van der Waals surface area contributed by atoms with Gasteiger partial charge < -0.3 is 9.84 Å². The van der Waals surface area contributed by atoms with E-state index in [1.54, 1.807) is 11.3 Å². The number of halogens is 1. The average molecular weight is 309 g/mol. The molecule has 0 aliphatic heterocycles. The van der Waals surface area contributed by atoms with Gasteiger partial charge in [-0.05, 0) is 30.3 Å². The molecule has 2 nitrogen and oxygen atoms in total. The van der Waals surface area contributed by atoms with Crippen LogP contribution in [0.3, 0.4) is 0 Å². The molecule has 1 N–H and O–H groups in total. The fourth-order valence-electron chi connectivity index (χ4n) is 1.90. The van der Waals surface area contributed by atoms with Gasteiger partial charge in [-0.25, -0.2) is 0 Å². The van der Waals surface area contributed by atoms with E-state index in [1.807, 2.05) is 24.3 Å². The van der Waals surface area contributed by atoms with Crippen molar-refractivity contribution in [2.45, 2.75) is 0 Å². The molecule has 4 heteroatoms. The molecule has 0 radical (unpaired) electrons. The predicted molar refractivity (Wildman–Crippen MR) is 74.7 cm³/mol. The molecule has 0 bridgehead atoms. The Balaban J connectivity index is 2.27. The summed E-state index contributed by atoms with van der Waals surface area (Å²) in [7, 11) is 0. The second-order valence-electron chi connectivity index (χ2n) is 3.67. The van der Waals surface area contributed by atoms with Crippen molar-refractivity contribution < 1.29 is 9.84 Å². The summed E-state index contributed by atoms with van der Waals surface area (Å²) in [5.41, 5.74) is 0. The second-order valence-corrected chi connectivity index (χ2v) is 5.67. The number of benzene rings is 2. The lowest BCUT2D eigenvalue weighted by Gasteiger charge is -2.00. The lowest BCUT2D eigenvalue weighted by atomic mass is 10.1. The van der Waals surface area contributed by atoms with Crippen molar-refractivity contribution >= 4 is 47.4 Å². The van der Waals surface area contributed by atoms with E-state index in [-0.39, 0.29) is 6.79 Å². The maximum atomic E-state index is 8.74. The van der Waals surface area contributed by atoms with Crippen LogP contribution in [0.4, 0.5) is 0 Å². The Bertz CT molecular complexity index is 690. The van der Waals surface area contributed by atoms with E-state index < -0.39 is 0 Å². The number of rotatable bonds is 2. The molecule has 0 amide bonds. The van der Waals surface area contributed by atoms with Gasteiger partial charge in [0.1, 0.15) is 5.75 Å². The molecule has 3 rings (SSSR count). The van der Waals surface area contributed by atoms with Crippen molar-refractivity contribution in [2.24, 2.45) is 0 Å². The van der Waals surface area contributed by atoms with Gasteiger partial charge in [-0.1, -0.05) is 22.0 Å². The Morgan fingerprint density at radius 2 is 1.76 bits per heavy atom.